The molecule has 2 rings (SSSR count). The van der Waals surface area contributed by atoms with E-state index >= 15 is 0 Å². The Kier molecular flexibility index (Phi) is 11.1. The highest BCUT2D eigenvalue weighted by molar-refractivity contribution is 6.35. The van der Waals surface area contributed by atoms with E-state index in [1.165, 1.54) is 36.9 Å². The molecule has 0 aliphatic heterocycles. The molecule has 13 heteroatoms. The summed E-state index contributed by atoms with van der Waals surface area (Å²) in [5, 5.41) is 7.64. The van der Waals surface area contributed by atoms with Crippen LogP contribution in [0.25, 0.3) is 0 Å². The standard InChI is InChI=1S/C24H31N7O6/c1-3-15(4-2)12-28-20(33)14-31-11-5-6-17(24(31)37)30-22(35)16(7-8-19(32)21(25)34)29-23(36)18-13-26-9-10-27-18/h5-6,9-11,13,15-16H,3-4,7-8,12,14H2,1-2H3,(H2,25,34)(H,28,33)(H,29,36)(H,30,35). The topological polar surface area (TPSA) is 195 Å². The van der Waals surface area contributed by atoms with Gasteiger partial charge in [-0.3, -0.25) is 33.8 Å². The number of hydrogen-bond acceptors (Lipinski definition) is 8. The van der Waals surface area contributed by atoms with Gasteiger partial charge in [0.1, 0.15) is 24.0 Å². The number of carbonyl (C=O) groups excluding carboxylic acids is 5. The summed E-state index contributed by atoms with van der Waals surface area (Å²) in [6.45, 7) is 4.31. The number of primary amides is 1. The van der Waals surface area contributed by atoms with Crippen LogP contribution in [0.15, 0.2) is 41.7 Å². The average molecular weight is 514 g/mol. The molecule has 2 aromatic rings. The summed E-state index contributed by atoms with van der Waals surface area (Å²) in [6, 6.07) is 1.51. The number of pyridine rings is 1. The number of aromatic nitrogens is 3. The van der Waals surface area contributed by atoms with Gasteiger partial charge in [0, 0.05) is 31.6 Å². The van der Waals surface area contributed by atoms with E-state index in [1.54, 1.807) is 0 Å². The maximum Gasteiger partial charge on any atom is 0.284 e. The largest absolute Gasteiger partial charge is 0.363 e. The second-order valence-electron chi connectivity index (χ2n) is 8.27. The van der Waals surface area contributed by atoms with E-state index in [4.69, 9.17) is 5.73 Å². The summed E-state index contributed by atoms with van der Waals surface area (Å²) in [7, 11) is 0. The molecule has 198 valence electrons. The minimum Gasteiger partial charge on any atom is -0.363 e. The zero-order valence-electron chi connectivity index (χ0n) is 20.7. The van der Waals surface area contributed by atoms with Crippen LogP contribution in [0.1, 0.15) is 50.0 Å². The van der Waals surface area contributed by atoms with Crippen molar-refractivity contribution in [1.29, 1.82) is 0 Å². The molecule has 0 aliphatic carbocycles. The highest BCUT2D eigenvalue weighted by atomic mass is 16.2. The van der Waals surface area contributed by atoms with Crippen molar-refractivity contribution in [3.05, 3.63) is 53.0 Å². The third-order valence-electron chi connectivity index (χ3n) is 5.69. The van der Waals surface area contributed by atoms with Gasteiger partial charge in [-0.15, -0.1) is 0 Å². The maximum absolute atomic E-state index is 13.0. The molecule has 0 aliphatic rings. The Balaban J connectivity index is 2.15. The lowest BCUT2D eigenvalue weighted by Crippen LogP contribution is -2.45. The zero-order valence-corrected chi connectivity index (χ0v) is 20.7. The smallest absolute Gasteiger partial charge is 0.284 e. The van der Waals surface area contributed by atoms with Crippen LogP contribution in [0.4, 0.5) is 5.69 Å². The van der Waals surface area contributed by atoms with Gasteiger partial charge in [0.15, 0.2) is 0 Å². The van der Waals surface area contributed by atoms with Crippen LogP contribution >= 0.6 is 0 Å². The first-order chi connectivity index (χ1) is 17.7. The molecule has 13 nitrogen and oxygen atoms in total. The van der Waals surface area contributed by atoms with E-state index < -0.39 is 41.5 Å². The van der Waals surface area contributed by atoms with Crippen LogP contribution in [0.3, 0.4) is 0 Å². The predicted molar refractivity (Wildman–Crippen MR) is 133 cm³/mol. The normalized spacial score (nSPS) is 11.4. The van der Waals surface area contributed by atoms with Crippen LogP contribution in [-0.4, -0.2) is 56.5 Å². The predicted octanol–water partition coefficient (Wildman–Crippen LogP) is -0.238. The third-order valence-corrected chi connectivity index (χ3v) is 5.69. The average Bonchev–Trinajstić information content (AvgIpc) is 2.89. The van der Waals surface area contributed by atoms with Crippen LogP contribution in [0, 0.1) is 5.92 Å². The molecule has 5 N–H and O–H groups in total. The van der Waals surface area contributed by atoms with Crippen molar-refractivity contribution >= 4 is 35.1 Å². The van der Waals surface area contributed by atoms with Crippen molar-refractivity contribution in [2.45, 2.75) is 52.1 Å². The second kappa shape index (κ2) is 14.2. The van der Waals surface area contributed by atoms with Crippen molar-refractivity contribution in [3.63, 3.8) is 0 Å². The fourth-order valence-corrected chi connectivity index (χ4v) is 3.34. The molecule has 1 unspecified atom stereocenters. The van der Waals surface area contributed by atoms with Gasteiger partial charge >= 0.3 is 0 Å². The molecular weight excluding hydrogens is 482 g/mol. The van der Waals surface area contributed by atoms with Crippen molar-refractivity contribution in [2.75, 3.05) is 11.9 Å². The van der Waals surface area contributed by atoms with Crippen LogP contribution in [-0.2, 0) is 25.7 Å². The number of Topliss-reactive ketones (excluding diaryl/α,β-unsaturated/α-hetero) is 1. The summed E-state index contributed by atoms with van der Waals surface area (Å²) in [4.78, 5) is 81.1. The first-order valence-electron chi connectivity index (χ1n) is 11.8. The number of amides is 4. The maximum atomic E-state index is 13.0. The molecule has 2 heterocycles. The number of nitrogens with two attached hydrogens (primary N) is 1. The molecule has 0 fully saturated rings. The van der Waals surface area contributed by atoms with Gasteiger partial charge in [-0.25, -0.2) is 4.98 Å². The van der Waals surface area contributed by atoms with Crippen molar-refractivity contribution in [3.8, 4) is 0 Å². The molecule has 0 spiro atoms. The first kappa shape index (κ1) is 28.8. The van der Waals surface area contributed by atoms with E-state index in [1.807, 2.05) is 13.8 Å². The van der Waals surface area contributed by atoms with Gasteiger partial charge in [0.25, 0.3) is 17.4 Å². The number of nitrogens with one attached hydrogen (secondary N) is 3. The van der Waals surface area contributed by atoms with Crippen molar-refractivity contribution < 1.29 is 24.0 Å². The number of nitrogens with zero attached hydrogens (tertiary/aromatic N) is 3. The van der Waals surface area contributed by atoms with E-state index in [0.29, 0.717) is 12.5 Å². The van der Waals surface area contributed by atoms with Crippen LogP contribution < -0.4 is 27.2 Å². The quantitative estimate of drug-likeness (QED) is 0.248. The van der Waals surface area contributed by atoms with E-state index in [0.717, 1.165) is 17.4 Å². The highest BCUT2D eigenvalue weighted by Crippen LogP contribution is 2.07. The SMILES string of the molecule is CCC(CC)CNC(=O)Cn1cccc(NC(=O)C(CCC(=O)C(N)=O)NC(=O)c2cnccn2)c1=O. The Bertz CT molecular complexity index is 1180. The second-order valence-corrected chi connectivity index (χ2v) is 8.27. The molecule has 4 amide bonds. The monoisotopic (exact) mass is 513 g/mol. The van der Waals surface area contributed by atoms with Gasteiger partial charge in [-0.1, -0.05) is 26.7 Å². The van der Waals surface area contributed by atoms with Crippen LogP contribution in [0.2, 0.25) is 0 Å². The lowest BCUT2D eigenvalue weighted by Gasteiger charge is -2.18. The molecule has 2 aromatic heterocycles. The van der Waals surface area contributed by atoms with E-state index in [2.05, 4.69) is 25.9 Å². The minimum absolute atomic E-state index is 0.0806. The molecular formula is C24H31N7O6. The zero-order chi connectivity index (χ0) is 27.4. The number of carbonyl (C=O) groups is 5. The van der Waals surface area contributed by atoms with E-state index in [9.17, 15) is 28.8 Å². The minimum atomic E-state index is -1.31. The summed E-state index contributed by atoms with van der Waals surface area (Å²) < 4.78 is 1.14. The molecule has 0 aromatic carbocycles. The Morgan fingerprint density at radius 1 is 1.11 bits per heavy atom. The lowest BCUT2D eigenvalue weighted by atomic mass is 10.0. The molecule has 0 bridgehead atoms. The van der Waals surface area contributed by atoms with Gasteiger partial charge in [0.05, 0.1) is 6.20 Å². The van der Waals surface area contributed by atoms with E-state index in [-0.39, 0.29) is 30.3 Å². The Morgan fingerprint density at radius 2 is 1.84 bits per heavy atom. The summed E-state index contributed by atoms with van der Waals surface area (Å²) in [5.74, 6) is -3.68. The Labute approximate surface area is 213 Å². The lowest BCUT2D eigenvalue weighted by molar-refractivity contribution is -0.136. The summed E-state index contributed by atoms with van der Waals surface area (Å²) in [5.41, 5.74) is 4.12. The Morgan fingerprint density at radius 3 is 2.46 bits per heavy atom. The molecule has 1 atom stereocenters. The molecule has 0 saturated heterocycles. The molecule has 0 radical (unpaired) electrons. The summed E-state index contributed by atoms with van der Waals surface area (Å²) in [6.07, 6.45) is 6.39. The Hall–Kier alpha value is -4.42. The fourth-order valence-electron chi connectivity index (χ4n) is 3.34. The number of hydrogen-bond donors (Lipinski definition) is 4. The van der Waals surface area contributed by atoms with Crippen LogP contribution in [0.5, 0.6) is 0 Å². The van der Waals surface area contributed by atoms with Gasteiger partial charge < -0.3 is 26.3 Å². The number of ketones is 1. The number of rotatable bonds is 14. The molecule has 37 heavy (non-hydrogen) atoms. The fraction of sp³-hybridized carbons (Fsp3) is 0.417. The van der Waals surface area contributed by atoms with Gasteiger partial charge in [-0.2, -0.15) is 0 Å². The highest BCUT2D eigenvalue weighted by Gasteiger charge is 2.25. The van der Waals surface area contributed by atoms with Crippen molar-refractivity contribution in [2.24, 2.45) is 11.7 Å². The summed E-state index contributed by atoms with van der Waals surface area (Å²) >= 11 is 0. The van der Waals surface area contributed by atoms with Crippen molar-refractivity contribution in [1.82, 2.24) is 25.2 Å². The molecule has 0 saturated carbocycles. The van der Waals surface area contributed by atoms with Gasteiger partial charge in [0.2, 0.25) is 17.6 Å². The third kappa shape index (κ3) is 8.94. The van der Waals surface area contributed by atoms with Gasteiger partial charge in [-0.05, 0) is 24.5 Å². The number of anilines is 1. The first-order valence-corrected chi connectivity index (χ1v) is 11.8.